The normalized spacial score (nSPS) is 9.94. The highest BCUT2D eigenvalue weighted by atomic mass is 32.2. The third-order valence-electron chi connectivity index (χ3n) is 2.02. The second-order valence-corrected chi connectivity index (χ2v) is 4.67. The molecule has 0 heterocycles. The molecule has 0 atom stereocenters. The molecule has 1 amide bonds. The Hall–Kier alpha value is -1.16. The maximum absolute atomic E-state index is 11.3. The SMILES string of the molecule is CCCSCC(=O)NCCOc1ccccc1. The minimum atomic E-state index is 0.0834. The number of para-hydroxylation sites is 1. The summed E-state index contributed by atoms with van der Waals surface area (Å²) in [5.74, 6) is 2.50. The number of amides is 1. The molecule has 1 N–H and O–H groups in total. The van der Waals surface area contributed by atoms with E-state index in [1.807, 2.05) is 30.3 Å². The first kappa shape index (κ1) is 13.9. The van der Waals surface area contributed by atoms with Gasteiger partial charge in [0.15, 0.2) is 0 Å². The molecule has 0 spiro atoms. The fourth-order valence-electron chi connectivity index (χ4n) is 1.24. The zero-order valence-electron chi connectivity index (χ0n) is 10.1. The van der Waals surface area contributed by atoms with E-state index in [1.54, 1.807) is 11.8 Å². The lowest BCUT2D eigenvalue weighted by atomic mass is 10.3. The molecule has 3 nitrogen and oxygen atoms in total. The molecule has 94 valence electrons. The van der Waals surface area contributed by atoms with Crippen molar-refractivity contribution in [2.45, 2.75) is 13.3 Å². The van der Waals surface area contributed by atoms with Crippen molar-refractivity contribution in [3.8, 4) is 5.75 Å². The summed E-state index contributed by atoms with van der Waals surface area (Å²) in [4.78, 5) is 11.3. The van der Waals surface area contributed by atoms with Gasteiger partial charge in [0.2, 0.25) is 5.91 Å². The lowest BCUT2D eigenvalue weighted by molar-refractivity contribution is -0.118. The molecule has 0 aromatic heterocycles. The van der Waals surface area contributed by atoms with Crippen LogP contribution in [0, 0.1) is 0 Å². The number of rotatable bonds is 8. The predicted molar refractivity (Wildman–Crippen MR) is 72.6 cm³/mol. The Kier molecular flexibility index (Phi) is 7.30. The third-order valence-corrected chi connectivity index (χ3v) is 3.18. The van der Waals surface area contributed by atoms with Crippen LogP contribution >= 0.6 is 11.8 Å². The molecule has 0 saturated heterocycles. The van der Waals surface area contributed by atoms with Gasteiger partial charge in [-0.2, -0.15) is 11.8 Å². The van der Waals surface area contributed by atoms with Crippen LogP contribution < -0.4 is 10.1 Å². The van der Waals surface area contributed by atoms with Crippen LogP contribution in [0.1, 0.15) is 13.3 Å². The number of carbonyl (C=O) groups is 1. The van der Waals surface area contributed by atoms with Crippen molar-refractivity contribution in [2.75, 3.05) is 24.7 Å². The average molecular weight is 253 g/mol. The van der Waals surface area contributed by atoms with Gasteiger partial charge >= 0.3 is 0 Å². The molecule has 0 fully saturated rings. The number of nitrogens with one attached hydrogen (secondary N) is 1. The molecule has 17 heavy (non-hydrogen) atoms. The Bertz CT molecular complexity index is 316. The van der Waals surface area contributed by atoms with Crippen molar-refractivity contribution in [3.63, 3.8) is 0 Å². The second-order valence-electron chi connectivity index (χ2n) is 3.56. The van der Waals surface area contributed by atoms with Gasteiger partial charge in [0.25, 0.3) is 0 Å². The van der Waals surface area contributed by atoms with Gasteiger partial charge in [-0.15, -0.1) is 0 Å². The Morgan fingerprint density at radius 2 is 2.12 bits per heavy atom. The summed E-state index contributed by atoms with van der Waals surface area (Å²) in [6, 6.07) is 9.60. The summed E-state index contributed by atoms with van der Waals surface area (Å²) < 4.78 is 5.46. The summed E-state index contributed by atoms with van der Waals surface area (Å²) in [6.07, 6.45) is 1.11. The minimum Gasteiger partial charge on any atom is -0.492 e. The van der Waals surface area contributed by atoms with Crippen LogP contribution in [0.2, 0.25) is 0 Å². The summed E-state index contributed by atoms with van der Waals surface area (Å²) in [7, 11) is 0. The van der Waals surface area contributed by atoms with Gasteiger partial charge in [-0.05, 0) is 24.3 Å². The van der Waals surface area contributed by atoms with Crippen LogP contribution in [0.3, 0.4) is 0 Å². The van der Waals surface area contributed by atoms with E-state index in [1.165, 1.54) is 0 Å². The molecule has 0 unspecified atom stereocenters. The van der Waals surface area contributed by atoms with Gasteiger partial charge in [0, 0.05) is 0 Å². The van der Waals surface area contributed by atoms with Gasteiger partial charge in [0.1, 0.15) is 12.4 Å². The van der Waals surface area contributed by atoms with Crippen LogP contribution in [0.25, 0.3) is 0 Å². The lowest BCUT2D eigenvalue weighted by Gasteiger charge is -2.07. The predicted octanol–water partition coefficient (Wildman–Crippen LogP) is 2.32. The Labute approximate surface area is 107 Å². The molecule has 0 saturated carbocycles. The van der Waals surface area contributed by atoms with E-state index >= 15 is 0 Å². The van der Waals surface area contributed by atoms with Crippen molar-refractivity contribution in [1.82, 2.24) is 5.32 Å². The van der Waals surface area contributed by atoms with Crippen LogP contribution in [-0.4, -0.2) is 30.6 Å². The fourth-order valence-corrected chi connectivity index (χ4v) is 1.96. The topological polar surface area (TPSA) is 38.3 Å². The van der Waals surface area contributed by atoms with Crippen LogP contribution in [0.5, 0.6) is 5.75 Å². The van der Waals surface area contributed by atoms with E-state index in [0.29, 0.717) is 18.9 Å². The zero-order chi connectivity index (χ0) is 12.3. The van der Waals surface area contributed by atoms with Crippen LogP contribution in [0.4, 0.5) is 0 Å². The van der Waals surface area contributed by atoms with Gasteiger partial charge in [-0.3, -0.25) is 4.79 Å². The molecule has 0 aliphatic carbocycles. The van der Waals surface area contributed by atoms with E-state index in [4.69, 9.17) is 4.74 Å². The van der Waals surface area contributed by atoms with Crippen molar-refractivity contribution >= 4 is 17.7 Å². The Balaban J connectivity index is 2.02. The van der Waals surface area contributed by atoms with Crippen molar-refractivity contribution < 1.29 is 9.53 Å². The van der Waals surface area contributed by atoms with Gasteiger partial charge in [-0.1, -0.05) is 25.1 Å². The average Bonchev–Trinajstić information content (AvgIpc) is 2.36. The highest BCUT2D eigenvalue weighted by Crippen LogP contribution is 2.07. The highest BCUT2D eigenvalue weighted by Gasteiger charge is 2.00. The zero-order valence-corrected chi connectivity index (χ0v) is 11.0. The van der Waals surface area contributed by atoms with E-state index < -0.39 is 0 Å². The molecule has 1 rings (SSSR count). The fraction of sp³-hybridized carbons (Fsp3) is 0.462. The largest absolute Gasteiger partial charge is 0.492 e. The summed E-state index contributed by atoms with van der Waals surface area (Å²) in [6.45, 7) is 3.17. The smallest absolute Gasteiger partial charge is 0.230 e. The summed E-state index contributed by atoms with van der Waals surface area (Å²) in [5, 5.41) is 2.83. The molecule has 4 heteroatoms. The number of thioether (sulfide) groups is 1. The van der Waals surface area contributed by atoms with Gasteiger partial charge < -0.3 is 10.1 Å². The molecular weight excluding hydrogens is 234 g/mol. The first-order chi connectivity index (χ1) is 8.33. The number of carbonyl (C=O) groups excluding carboxylic acids is 1. The Morgan fingerprint density at radius 1 is 1.35 bits per heavy atom. The standard InChI is InChI=1S/C13H19NO2S/c1-2-10-17-11-13(15)14-8-9-16-12-6-4-3-5-7-12/h3-7H,2,8-11H2,1H3,(H,14,15). The Morgan fingerprint density at radius 3 is 2.82 bits per heavy atom. The monoisotopic (exact) mass is 253 g/mol. The van der Waals surface area contributed by atoms with Gasteiger partial charge in [-0.25, -0.2) is 0 Å². The van der Waals surface area contributed by atoms with Crippen LogP contribution in [-0.2, 0) is 4.79 Å². The molecular formula is C13H19NO2S. The first-order valence-corrected chi connectivity index (χ1v) is 7.00. The number of hydrogen-bond acceptors (Lipinski definition) is 3. The quantitative estimate of drug-likeness (QED) is 0.723. The van der Waals surface area contributed by atoms with E-state index in [-0.39, 0.29) is 5.91 Å². The van der Waals surface area contributed by atoms with E-state index in [9.17, 15) is 4.79 Å². The number of benzene rings is 1. The molecule has 0 bridgehead atoms. The summed E-state index contributed by atoms with van der Waals surface area (Å²) >= 11 is 1.66. The van der Waals surface area contributed by atoms with E-state index in [2.05, 4.69) is 12.2 Å². The highest BCUT2D eigenvalue weighted by molar-refractivity contribution is 7.99. The van der Waals surface area contributed by atoms with E-state index in [0.717, 1.165) is 17.9 Å². The number of ether oxygens (including phenoxy) is 1. The minimum absolute atomic E-state index is 0.0834. The molecule has 0 radical (unpaired) electrons. The van der Waals surface area contributed by atoms with Gasteiger partial charge in [0.05, 0.1) is 12.3 Å². The first-order valence-electron chi connectivity index (χ1n) is 5.85. The molecule has 1 aromatic carbocycles. The maximum atomic E-state index is 11.3. The summed E-state index contributed by atoms with van der Waals surface area (Å²) in [5.41, 5.74) is 0. The van der Waals surface area contributed by atoms with Crippen LogP contribution in [0.15, 0.2) is 30.3 Å². The number of hydrogen-bond donors (Lipinski definition) is 1. The molecule has 0 aliphatic heterocycles. The van der Waals surface area contributed by atoms with Crippen molar-refractivity contribution in [3.05, 3.63) is 30.3 Å². The molecule has 0 aliphatic rings. The van der Waals surface area contributed by atoms with Crippen molar-refractivity contribution in [1.29, 1.82) is 0 Å². The maximum Gasteiger partial charge on any atom is 0.230 e. The molecule has 1 aromatic rings. The second kappa shape index (κ2) is 8.93. The third kappa shape index (κ3) is 6.89. The lowest BCUT2D eigenvalue weighted by Crippen LogP contribution is -2.29. The van der Waals surface area contributed by atoms with Crippen molar-refractivity contribution in [2.24, 2.45) is 0 Å².